The molecule has 0 spiro atoms. The van der Waals surface area contributed by atoms with Crippen molar-refractivity contribution in [2.45, 2.75) is 19.0 Å². The summed E-state index contributed by atoms with van der Waals surface area (Å²) in [5, 5.41) is 3.02. The van der Waals surface area contributed by atoms with Crippen LogP contribution >= 0.6 is 0 Å². The lowest BCUT2D eigenvalue weighted by atomic mass is 10.0. The number of nitrogens with one attached hydrogen (secondary N) is 1. The lowest BCUT2D eigenvalue weighted by Crippen LogP contribution is -2.39. The number of fused-ring (bicyclic) bond motifs is 1. The molecular formula is C16H14F3NO. The van der Waals surface area contributed by atoms with E-state index in [1.807, 2.05) is 24.3 Å². The first-order chi connectivity index (χ1) is 10.1. The summed E-state index contributed by atoms with van der Waals surface area (Å²) in [5.74, 6) is -2.10. The highest BCUT2D eigenvalue weighted by Crippen LogP contribution is 2.24. The molecule has 0 bridgehead atoms. The minimum absolute atomic E-state index is 0.0676. The van der Waals surface area contributed by atoms with E-state index < -0.39 is 17.5 Å². The van der Waals surface area contributed by atoms with Gasteiger partial charge in [-0.05, 0) is 30.2 Å². The molecule has 0 radical (unpaired) electrons. The van der Waals surface area contributed by atoms with Gasteiger partial charge in [0, 0.05) is 18.2 Å². The van der Waals surface area contributed by atoms with Crippen molar-refractivity contribution < 1.29 is 17.9 Å². The Morgan fingerprint density at radius 2 is 1.81 bits per heavy atom. The fourth-order valence-electron chi connectivity index (χ4n) is 2.44. The second-order valence-electron chi connectivity index (χ2n) is 5.02. The monoisotopic (exact) mass is 293 g/mol. The largest absolute Gasteiger partial charge is 0.492 e. The van der Waals surface area contributed by atoms with E-state index in [1.54, 1.807) is 0 Å². The standard InChI is InChI=1S/C16H14F3NO/c17-13-5-6-14(18)16(19)12(13)8-20-11-7-10-3-1-2-4-15(10)21-9-11/h1-6,11,20H,7-9H2. The van der Waals surface area contributed by atoms with Crippen LogP contribution in [0.3, 0.4) is 0 Å². The van der Waals surface area contributed by atoms with Gasteiger partial charge in [-0.1, -0.05) is 18.2 Å². The van der Waals surface area contributed by atoms with Gasteiger partial charge in [0.05, 0.1) is 0 Å². The summed E-state index contributed by atoms with van der Waals surface area (Å²) in [5.41, 5.74) is 0.760. The zero-order valence-corrected chi connectivity index (χ0v) is 11.2. The minimum Gasteiger partial charge on any atom is -0.492 e. The summed E-state index contributed by atoms with van der Waals surface area (Å²) in [7, 11) is 0. The first kappa shape index (κ1) is 13.9. The fourth-order valence-corrected chi connectivity index (χ4v) is 2.44. The molecule has 0 fully saturated rings. The van der Waals surface area contributed by atoms with Crippen molar-refractivity contribution in [3.63, 3.8) is 0 Å². The molecule has 2 nitrogen and oxygen atoms in total. The van der Waals surface area contributed by atoms with Gasteiger partial charge in [0.25, 0.3) is 0 Å². The summed E-state index contributed by atoms with van der Waals surface area (Å²) in [6.45, 7) is 0.335. The van der Waals surface area contributed by atoms with Gasteiger partial charge in [0.1, 0.15) is 18.2 Å². The van der Waals surface area contributed by atoms with Crippen LogP contribution < -0.4 is 10.1 Å². The summed E-state index contributed by atoms with van der Waals surface area (Å²) in [6.07, 6.45) is 0.703. The van der Waals surface area contributed by atoms with Crippen molar-refractivity contribution in [2.75, 3.05) is 6.61 Å². The molecule has 21 heavy (non-hydrogen) atoms. The molecule has 0 amide bonds. The molecular weight excluding hydrogens is 279 g/mol. The van der Waals surface area contributed by atoms with Crippen molar-refractivity contribution >= 4 is 0 Å². The highest BCUT2D eigenvalue weighted by atomic mass is 19.2. The minimum atomic E-state index is -1.14. The number of para-hydroxylation sites is 1. The normalized spacial score (nSPS) is 17.2. The number of hydrogen-bond acceptors (Lipinski definition) is 2. The molecule has 110 valence electrons. The Morgan fingerprint density at radius 1 is 1.05 bits per heavy atom. The molecule has 0 aliphatic carbocycles. The number of rotatable bonds is 3. The van der Waals surface area contributed by atoms with E-state index in [1.165, 1.54) is 0 Å². The van der Waals surface area contributed by atoms with E-state index in [4.69, 9.17) is 4.74 Å². The predicted octanol–water partition coefficient (Wildman–Crippen LogP) is 3.20. The molecule has 0 aromatic heterocycles. The van der Waals surface area contributed by atoms with Gasteiger partial charge in [0.2, 0.25) is 0 Å². The molecule has 2 aromatic carbocycles. The molecule has 1 aliphatic heterocycles. The highest BCUT2D eigenvalue weighted by molar-refractivity contribution is 5.35. The topological polar surface area (TPSA) is 21.3 Å². The molecule has 1 atom stereocenters. The molecule has 5 heteroatoms. The Morgan fingerprint density at radius 3 is 2.67 bits per heavy atom. The Labute approximate surface area is 120 Å². The predicted molar refractivity (Wildman–Crippen MR) is 72.6 cm³/mol. The van der Waals surface area contributed by atoms with Crippen LogP contribution in [-0.2, 0) is 13.0 Å². The second kappa shape index (κ2) is 5.77. The van der Waals surface area contributed by atoms with Gasteiger partial charge in [-0.3, -0.25) is 0 Å². The molecule has 3 rings (SSSR count). The van der Waals surface area contributed by atoms with Crippen LogP contribution in [0.25, 0.3) is 0 Å². The third-order valence-electron chi connectivity index (χ3n) is 3.59. The average Bonchev–Trinajstić information content (AvgIpc) is 2.51. The van der Waals surface area contributed by atoms with E-state index in [2.05, 4.69) is 5.32 Å². The van der Waals surface area contributed by atoms with E-state index in [9.17, 15) is 13.2 Å². The molecule has 1 N–H and O–H groups in total. The number of benzene rings is 2. The third-order valence-corrected chi connectivity index (χ3v) is 3.59. The first-order valence-electron chi connectivity index (χ1n) is 6.71. The van der Waals surface area contributed by atoms with E-state index in [0.29, 0.717) is 13.0 Å². The first-order valence-corrected chi connectivity index (χ1v) is 6.71. The van der Waals surface area contributed by atoms with Crippen molar-refractivity contribution in [2.24, 2.45) is 0 Å². The second-order valence-corrected chi connectivity index (χ2v) is 5.02. The van der Waals surface area contributed by atoms with Crippen LogP contribution in [0.2, 0.25) is 0 Å². The molecule has 0 saturated carbocycles. The smallest absolute Gasteiger partial charge is 0.166 e. The van der Waals surface area contributed by atoms with Crippen molar-refractivity contribution in [3.8, 4) is 5.75 Å². The molecule has 1 unspecified atom stereocenters. The van der Waals surface area contributed by atoms with Gasteiger partial charge in [-0.25, -0.2) is 13.2 Å². The number of hydrogen-bond donors (Lipinski definition) is 1. The van der Waals surface area contributed by atoms with Crippen molar-refractivity contribution in [1.29, 1.82) is 0 Å². The van der Waals surface area contributed by atoms with Crippen LogP contribution in [0.1, 0.15) is 11.1 Å². The maximum absolute atomic E-state index is 13.6. The maximum Gasteiger partial charge on any atom is 0.166 e. The van der Waals surface area contributed by atoms with E-state index in [0.717, 1.165) is 23.4 Å². The lowest BCUT2D eigenvalue weighted by Gasteiger charge is -2.26. The van der Waals surface area contributed by atoms with Gasteiger partial charge < -0.3 is 10.1 Å². The van der Waals surface area contributed by atoms with Crippen LogP contribution in [0.5, 0.6) is 5.75 Å². The Balaban J connectivity index is 1.69. The van der Waals surface area contributed by atoms with Crippen molar-refractivity contribution in [1.82, 2.24) is 5.32 Å². The summed E-state index contributed by atoms with van der Waals surface area (Å²) < 4.78 is 45.8. The zero-order valence-electron chi connectivity index (χ0n) is 11.2. The SMILES string of the molecule is Fc1ccc(F)c(CNC2COc3ccccc3C2)c1F. The van der Waals surface area contributed by atoms with Crippen LogP contribution in [0.4, 0.5) is 13.2 Å². The molecule has 1 heterocycles. The summed E-state index contributed by atoms with van der Waals surface area (Å²) in [4.78, 5) is 0. The van der Waals surface area contributed by atoms with Crippen molar-refractivity contribution in [3.05, 3.63) is 65.0 Å². The van der Waals surface area contributed by atoms with Gasteiger partial charge in [-0.15, -0.1) is 0 Å². The van der Waals surface area contributed by atoms with Gasteiger partial charge in [0.15, 0.2) is 11.6 Å². The Bertz CT molecular complexity index is 660. The number of halogens is 3. The van der Waals surface area contributed by atoms with Gasteiger partial charge in [-0.2, -0.15) is 0 Å². The molecule has 0 saturated heterocycles. The molecule has 2 aromatic rings. The Kier molecular flexibility index (Phi) is 3.84. The zero-order chi connectivity index (χ0) is 14.8. The summed E-state index contributed by atoms with van der Waals surface area (Å²) >= 11 is 0. The Hall–Kier alpha value is -2.01. The van der Waals surface area contributed by atoms with Crippen LogP contribution in [0.15, 0.2) is 36.4 Å². The van der Waals surface area contributed by atoms with Crippen LogP contribution in [-0.4, -0.2) is 12.6 Å². The van der Waals surface area contributed by atoms with Gasteiger partial charge >= 0.3 is 0 Å². The lowest BCUT2D eigenvalue weighted by molar-refractivity contribution is 0.237. The number of ether oxygens (including phenoxy) is 1. The highest BCUT2D eigenvalue weighted by Gasteiger charge is 2.20. The van der Waals surface area contributed by atoms with E-state index >= 15 is 0 Å². The summed E-state index contributed by atoms with van der Waals surface area (Å²) in [6, 6.07) is 9.29. The fraction of sp³-hybridized carbons (Fsp3) is 0.250. The molecule has 1 aliphatic rings. The quantitative estimate of drug-likeness (QED) is 0.878. The van der Waals surface area contributed by atoms with Crippen LogP contribution in [0, 0.1) is 17.5 Å². The average molecular weight is 293 g/mol. The van der Waals surface area contributed by atoms with E-state index in [-0.39, 0.29) is 18.2 Å². The third kappa shape index (κ3) is 2.88. The maximum atomic E-state index is 13.6.